The molecule has 2 aromatic rings. The van der Waals surface area contributed by atoms with Gasteiger partial charge in [-0.2, -0.15) is 0 Å². The average molecular weight is 347 g/mol. The Kier molecular flexibility index (Phi) is 6.43. The molecule has 0 spiro atoms. The molecule has 0 aliphatic heterocycles. The molecule has 0 radical (unpaired) electrons. The SMILES string of the molecule is CCC(C)NC(=O)CSc1nc2ccccc2c(=O)n1CC(C)C. The van der Waals surface area contributed by atoms with Crippen molar-refractivity contribution in [2.24, 2.45) is 5.92 Å². The van der Waals surface area contributed by atoms with Gasteiger partial charge in [-0.05, 0) is 31.4 Å². The highest BCUT2D eigenvalue weighted by molar-refractivity contribution is 7.99. The predicted molar refractivity (Wildman–Crippen MR) is 99.5 cm³/mol. The molecular weight excluding hydrogens is 322 g/mol. The molecule has 0 aliphatic carbocycles. The van der Waals surface area contributed by atoms with E-state index in [2.05, 4.69) is 24.1 Å². The number of nitrogens with one attached hydrogen (secondary N) is 1. The van der Waals surface area contributed by atoms with Crippen LogP contribution in [-0.2, 0) is 11.3 Å². The van der Waals surface area contributed by atoms with E-state index in [1.165, 1.54) is 11.8 Å². The monoisotopic (exact) mass is 347 g/mol. The smallest absolute Gasteiger partial charge is 0.262 e. The number of carbonyl (C=O) groups excluding carboxylic acids is 1. The predicted octanol–water partition coefficient (Wildman–Crippen LogP) is 3.06. The summed E-state index contributed by atoms with van der Waals surface area (Å²) in [6.07, 6.45) is 0.892. The van der Waals surface area contributed by atoms with Crippen molar-refractivity contribution in [1.29, 1.82) is 0 Å². The fourth-order valence-electron chi connectivity index (χ4n) is 2.33. The first kappa shape index (κ1) is 18.5. The summed E-state index contributed by atoms with van der Waals surface area (Å²) in [6, 6.07) is 7.50. The molecule has 0 aliphatic rings. The Hall–Kier alpha value is -1.82. The highest BCUT2D eigenvalue weighted by Crippen LogP contribution is 2.18. The summed E-state index contributed by atoms with van der Waals surface area (Å²) >= 11 is 1.32. The Morgan fingerprint density at radius 1 is 1.29 bits per heavy atom. The first-order chi connectivity index (χ1) is 11.4. The van der Waals surface area contributed by atoms with Crippen LogP contribution in [0.2, 0.25) is 0 Å². The molecule has 5 nitrogen and oxygen atoms in total. The molecule has 1 aromatic heterocycles. The van der Waals surface area contributed by atoms with Crippen LogP contribution in [0, 0.1) is 5.92 Å². The minimum Gasteiger partial charge on any atom is -0.353 e. The number of fused-ring (bicyclic) bond motifs is 1. The van der Waals surface area contributed by atoms with Gasteiger partial charge < -0.3 is 5.32 Å². The summed E-state index contributed by atoms with van der Waals surface area (Å²) in [4.78, 5) is 29.4. The molecule has 0 fully saturated rings. The van der Waals surface area contributed by atoms with E-state index in [0.29, 0.717) is 28.5 Å². The zero-order chi connectivity index (χ0) is 17.7. The van der Waals surface area contributed by atoms with E-state index in [1.807, 2.05) is 32.0 Å². The number of hydrogen-bond donors (Lipinski definition) is 1. The third-order valence-electron chi connectivity index (χ3n) is 3.73. The van der Waals surface area contributed by atoms with Crippen LogP contribution in [0.1, 0.15) is 34.1 Å². The Balaban J connectivity index is 2.30. The number of aromatic nitrogens is 2. The van der Waals surface area contributed by atoms with Crippen molar-refractivity contribution in [3.05, 3.63) is 34.6 Å². The molecule has 1 heterocycles. The van der Waals surface area contributed by atoms with Crippen LogP contribution < -0.4 is 10.9 Å². The summed E-state index contributed by atoms with van der Waals surface area (Å²) < 4.78 is 1.69. The molecular formula is C18H25N3O2S. The minimum atomic E-state index is -0.0425. The lowest BCUT2D eigenvalue weighted by Gasteiger charge is -2.15. The van der Waals surface area contributed by atoms with Crippen LogP contribution >= 0.6 is 11.8 Å². The lowest BCUT2D eigenvalue weighted by Crippen LogP contribution is -2.33. The number of para-hydroxylation sites is 1. The summed E-state index contributed by atoms with van der Waals surface area (Å²) in [5.41, 5.74) is 0.631. The zero-order valence-corrected chi connectivity index (χ0v) is 15.5. The molecule has 1 N–H and O–H groups in total. The van der Waals surface area contributed by atoms with E-state index in [0.717, 1.165) is 6.42 Å². The van der Waals surface area contributed by atoms with Crippen molar-refractivity contribution < 1.29 is 4.79 Å². The number of thioether (sulfide) groups is 1. The second kappa shape index (κ2) is 8.33. The van der Waals surface area contributed by atoms with E-state index in [-0.39, 0.29) is 23.3 Å². The standard InChI is InChI=1S/C18H25N3O2S/c1-5-13(4)19-16(22)11-24-18-20-15-9-7-6-8-14(15)17(23)21(18)10-12(2)3/h6-9,12-13H,5,10-11H2,1-4H3,(H,19,22). The second-order valence-electron chi connectivity index (χ2n) is 6.39. The van der Waals surface area contributed by atoms with Crippen LogP contribution in [0.25, 0.3) is 10.9 Å². The average Bonchev–Trinajstić information content (AvgIpc) is 2.55. The molecule has 1 unspecified atom stereocenters. The van der Waals surface area contributed by atoms with Crippen molar-refractivity contribution in [3.8, 4) is 0 Å². The Bertz CT molecular complexity index is 770. The molecule has 1 amide bonds. The van der Waals surface area contributed by atoms with Gasteiger partial charge in [0.05, 0.1) is 16.7 Å². The van der Waals surface area contributed by atoms with Gasteiger partial charge in [0.2, 0.25) is 5.91 Å². The third kappa shape index (κ3) is 4.60. The van der Waals surface area contributed by atoms with Crippen molar-refractivity contribution in [1.82, 2.24) is 14.9 Å². The Labute approximate surface area is 146 Å². The van der Waals surface area contributed by atoms with Gasteiger partial charge in [-0.1, -0.05) is 44.7 Å². The number of hydrogen-bond acceptors (Lipinski definition) is 4. The Morgan fingerprint density at radius 2 is 2.00 bits per heavy atom. The number of amides is 1. The number of benzene rings is 1. The van der Waals surface area contributed by atoms with Crippen LogP contribution in [-0.4, -0.2) is 27.3 Å². The Morgan fingerprint density at radius 3 is 2.67 bits per heavy atom. The van der Waals surface area contributed by atoms with Crippen LogP contribution in [0.5, 0.6) is 0 Å². The fraction of sp³-hybridized carbons (Fsp3) is 0.500. The van der Waals surface area contributed by atoms with Crippen molar-refractivity contribution in [2.45, 2.75) is 51.9 Å². The summed E-state index contributed by atoms with van der Waals surface area (Å²) in [6.45, 7) is 8.72. The summed E-state index contributed by atoms with van der Waals surface area (Å²) in [5.74, 6) is 0.541. The largest absolute Gasteiger partial charge is 0.353 e. The molecule has 24 heavy (non-hydrogen) atoms. The number of nitrogens with zero attached hydrogens (tertiary/aromatic N) is 2. The fourth-order valence-corrected chi connectivity index (χ4v) is 3.15. The van der Waals surface area contributed by atoms with Crippen molar-refractivity contribution in [2.75, 3.05) is 5.75 Å². The summed E-state index contributed by atoms with van der Waals surface area (Å²) in [5, 5.41) is 4.16. The van der Waals surface area contributed by atoms with E-state index >= 15 is 0 Å². The highest BCUT2D eigenvalue weighted by Gasteiger charge is 2.14. The van der Waals surface area contributed by atoms with Gasteiger partial charge in [-0.15, -0.1) is 0 Å². The van der Waals surface area contributed by atoms with Gasteiger partial charge in [0.25, 0.3) is 5.56 Å². The first-order valence-electron chi connectivity index (χ1n) is 8.34. The number of carbonyl (C=O) groups is 1. The molecule has 0 saturated carbocycles. The maximum atomic E-state index is 12.8. The molecule has 2 rings (SSSR count). The summed E-state index contributed by atoms with van der Waals surface area (Å²) in [7, 11) is 0. The molecule has 1 aromatic carbocycles. The topological polar surface area (TPSA) is 64.0 Å². The lowest BCUT2D eigenvalue weighted by molar-refractivity contribution is -0.119. The van der Waals surface area contributed by atoms with Gasteiger partial charge >= 0.3 is 0 Å². The minimum absolute atomic E-state index is 0.0344. The number of rotatable bonds is 7. The third-order valence-corrected chi connectivity index (χ3v) is 4.70. The second-order valence-corrected chi connectivity index (χ2v) is 7.33. The van der Waals surface area contributed by atoms with Crippen LogP contribution in [0.4, 0.5) is 0 Å². The maximum Gasteiger partial charge on any atom is 0.262 e. The molecule has 1 atom stereocenters. The molecule has 0 bridgehead atoms. The zero-order valence-electron chi connectivity index (χ0n) is 14.7. The lowest BCUT2D eigenvalue weighted by atomic mass is 10.2. The van der Waals surface area contributed by atoms with Gasteiger partial charge in [0.15, 0.2) is 5.16 Å². The van der Waals surface area contributed by atoms with E-state index in [9.17, 15) is 9.59 Å². The quantitative estimate of drug-likeness (QED) is 0.617. The maximum absolute atomic E-state index is 12.8. The van der Waals surface area contributed by atoms with E-state index < -0.39 is 0 Å². The molecule has 0 saturated heterocycles. The van der Waals surface area contributed by atoms with Gasteiger partial charge in [-0.3, -0.25) is 14.2 Å². The molecule has 130 valence electrons. The van der Waals surface area contributed by atoms with Crippen LogP contribution in [0.3, 0.4) is 0 Å². The highest BCUT2D eigenvalue weighted by atomic mass is 32.2. The van der Waals surface area contributed by atoms with Gasteiger partial charge in [0.1, 0.15) is 0 Å². The van der Waals surface area contributed by atoms with E-state index in [4.69, 9.17) is 0 Å². The normalized spacial score (nSPS) is 12.5. The van der Waals surface area contributed by atoms with Crippen LogP contribution in [0.15, 0.2) is 34.2 Å². The van der Waals surface area contributed by atoms with E-state index in [1.54, 1.807) is 10.6 Å². The van der Waals surface area contributed by atoms with Crippen molar-refractivity contribution in [3.63, 3.8) is 0 Å². The first-order valence-corrected chi connectivity index (χ1v) is 9.32. The van der Waals surface area contributed by atoms with Gasteiger partial charge in [0, 0.05) is 12.6 Å². The molecule has 6 heteroatoms. The van der Waals surface area contributed by atoms with Crippen molar-refractivity contribution >= 4 is 28.6 Å². The van der Waals surface area contributed by atoms with Gasteiger partial charge in [-0.25, -0.2) is 4.98 Å².